The van der Waals surface area contributed by atoms with Gasteiger partial charge in [-0.3, -0.25) is 19.2 Å². The van der Waals surface area contributed by atoms with Gasteiger partial charge in [-0.05, 0) is 69.3 Å². The maximum atomic E-state index is 14.4. The number of carbonyl (C=O) groups excluding carboxylic acids is 6. The van der Waals surface area contributed by atoms with Gasteiger partial charge in [-0.2, -0.15) is 0 Å². The number of hydrogen-bond donors (Lipinski definition) is 1. The number of nitrogens with one attached hydrogen (secondary N) is 1. The van der Waals surface area contributed by atoms with Crippen molar-refractivity contribution in [3.63, 3.8) is 0 Å². The summed E-state index contributed by atoms with van der Waals surface area (Å²) in [5.74, 6) is -2.67. The van der Waals surface area contributed by atoms with Crippen molar-refractivity contribution in [2.24, 2.45) is 23.7 Å². The highest BCUT2D eigenvalue weighted by atomic mass is 16.5. The van der Waals surface area contributed by atoms with E-state index in [1.165, 1.54) is 13.2 Å². The van der Waals surface area contributed by atoms with Gasteiger partial charge < -0.3 is 24.4 Å². The van der Waals surface area contributed by atoms with Gasteiger partial charge >= 0.3 is 18.0 Å². The Morgan fingerprint density at radius 1 is 0.940 bits per heavy atom. The summed E-state index contributed by atoms with van der Waals surface area (Å²) in [5.41, 5.74) is 0.794. The van der Waals surface area contributed by atoms with E-state index in [1.54, 1.807) is 17.9 Å². The third-order valence-corrected chi connectivity index (χ3v) is 9.66. The molecule has 1 saturated carbocycles. The number of amides is 2. The number of ketones is 2. The SMILES string of the molecule is CCOC(=O)/C=C/CC[C@H](NC(=O)OCc1ccccc1)C(=O)C[C@H](C(=O)N1CCC[C@H]1C(=O)C[C@@H](CC(C)C)C(=O)OC)C1CCCCC1. The van der Waals surface area contributed by atoms with Crippen LogP contribution in [0.25, 0.3) is 0 Å². The van der Waals surface area contributed by atoms with Crippen molar-refractivity contribution in [2.45, 2.75) is 117 Å². The average Bonchev–Trinajstić information content (AvgIpc) is 3.61. The molecule has 0 radical (unpaired) electrons. The molecule has 0 bridgehead atoms. The fourth-order valence-electron chi connectivity index (χ4n) is 7.16. The monoisotopic (exact) mass is 696 g/mol. The van der Waals surface area contributed by atoms with Crippen LogP contribution in [0.1, 0.15) is 103 Å². The van der Waals surface area contributed by atoms with Crippen LogP contribution in [0.4, 0.5) is 4.79 Å². The van der Waals surface area contributed by atoms with Gasteiger partial charge in [-0.25, -0.2) is 9.59 Å². The van der Waals surface area contributed by atoms with E-state index in [4.69, 9.17) is 14.2 Å². The lowest BCUT2D eigenvalue weighted by Gasteiger charge is -2.35. The fraction of sp³-hybridized carbons (Fsp3) is 0.641. The van der Waals surface area contributed by atoms with E-state index in [2.05, 4.69) is 5.32 Å². The van der Waals surface area contributed by atoms with E-state index in [-0.39, 0.29) is 61.8 Å². The number of nitrogens with zero attached hydrogens (tertiary/aromatic N) is 1. The number of likely N-dealkylation sites (tertiary alicyclic amines) is 1. The molecule has 1 aromatic carbocycles. The van der Waals surface area contributed by atoms with Crippen LogP contribution >= 0.6 is 0 Å². The molecular weight excluding hydrogens is 640 g/mol. The highest BCUT2D eigenvalue weighted by Crippen LogP contribution is 2.36. The molecule has 1 aliphatic heterocycles. The number of benzene rings is 1. The first-order chi connectivity index (χ1) is 24.0. The molecule has 4 atom stereocenters. The van der Waals surface area contributed by atoms with Gasteiger partial charge in [-0.15, -0.1) is 0 Å². The van der Waals surface area contributed by atoms with Crippen LogP contribution in [-0.4, -0.2) is 72.8 Å². The number of carbonyl (C=O) groups is 6. The van der Waals surface area contributed by atoms with Crippen molar-refractivity contribution in [1.82, 2.24) is 10.2 Å². The summed E-state index contributed by atoms with van der Waals surface area (Å²) in [6.45, 7) is 6.35. The molecule has 11 nitrogen and oxygen atoms in total. The third-order valence-electron chi connectivity index (χ3n) is 9.66. The molecule has 50 heavy (non-hydrogen) atoms. The van der Waals surface area contributed by atoms with E-state index in [0.717, 1.165) is 37.7 Å². The molecule has 276 valence electrons. The number of Topliss-reactive ketones (excluding diaryl/α,β-unsaturated/α-hetero) is 2. The lowest BCUT2D eigenvalue weighted by Crippen LogP contribution is -2.48. The Labute approximate surface area is 296 Å². The van der Waals surface area contributed by atoms with E-state index >= 15 is 0 Å². The smallest absolute Gasteiger partial charge is 0.408 e. The second-order valence-corrected chi connectivity index (χ2v) is 13.9. The Hall–Kier alpha value is -4.02. The zero-order valence-electron chi connectivity index (χ0n) is 30.2. The Balaban J connectivity index is 1.79. The molecular formula is C39H56N2O9. The van der Waals surface area contributed by atoms with Crippen LogP contribution < -0.4 is 5.32 Å². The number of allylic oxidation sites excluding steroid dienone is 1. The first kappa shape index (κ1) is 40.4. The van der Waals surface area contributed by atoms with Crippen molar-refractivity contribution < 1.29 is 43.0 Å². The minimum absolute atomic E-state index is 0.00271. The largest absolute Gasteiger partial charge is 0.469 e. The van der Waals surface area contributed by atoms with Crippen LogP contribution in [0, 0.1) is 23.7 Å². The molecule has 1 heterocycles. The van der Waals surface area contributed by atoms with Gasteiger partial charge in [0.1, 0.15) is 6.61 Å². The minimum atomic E-state index is -0.961. The lowest BCUT2D eigenvalue weighted by atomic mass is 9.76. The summed E-state index contributed by atoms with van der Waals surface area (Å²) in [4.78, 5) is 81.0. The maximum absolute atomic E-state index is 14.4. The Morgan fingerprint density at radius 2 is 1.66 bits per heavy atom. The van der Waals surface area contributed by atoms with Crippen molar-refractivity contribution >= 4 is 35.5 Å². The predicted molar refractivity (Wildman–Crippen MR) is 188 cm³/mol. The summed E-state index contributed by atoms with van der Waals surface area (Å²) in [6, 6.07) is 7.57. The normalized spacial score (nSPS) is 18.3. The Bertz CT molecular complexity index is 1310. The molecule has 0 spiro atoms. The third kappa shape index (κ3) is 13.0. The number of methoxy groups -OCH3 is 1. The van der Waals surface area contributed by atoms with Crippen molar-refractivity contribution in [3.8, 4) is 0 Å². The highest BCUT2D eigenvalue weighted by molar-refractivity contribution is 5.95. The van der Waals surface area contributed by atoms with Crippen LogP contribution in [0.15, 0.2) is 42.5 Å². The zero-order valence-corrected chi connectivity index (χ0v) is 30.2. The quantitative estimate of drug-likeness (QED) is 0.103. The van der Waals surface area contributed by atoms with Crippen molar-refractivity contribution in [1.29, 1.82) is 0 Å². The molecule has 2 aliphatic rings. The van der Waals surface area contributed by atoms with Gasteiger partial charge in [0, 0.05) is 31.4 Å². The molecule has 3 rings (SSSR count). The number of esters is 2. The van der Waals surface area contributed by atoms with Gasteiger partial charge in [0.15, 0.2) is 11.6 Å². The van der Waals surface area contributed by atoms with Crippen LogP contribution in [0.3, 0.4) is 0 Å². The Kier molecular flexibility index (Phi) is 17.2. The van der Waals surface area contributed by atoms with Gasteiger partial charge in [0.2, 0.25) is 5.91 Å². The molecule has 0 unspecified atom stereocenters. The standard InChI is InChI=1S/C39H56N2O9/c1-5-49-36(44)21-13-12-19-32(40-39(47)50-26-28-15-8-6-9-16-28)34(42)25-31(29-17-10-7-11-18-29)37(45)41-22-14-20-33(41)35(43)24-30(23-27(2)3)38(46)48-4/h6,8-9,13,15-16,21,27,29-33H,5,7,10-12,14,17-20,22-26H2,1-4H3,(H,40,47)/b21-13+/t30-,31+,32+,33+/m1/s1. The molecule has 11 heteroatoms. The molecule has 0 aromatic heterocycles. The first-order valence-corrected chi connectivity index (χ1v) is 18.3. The van der Waals surface area contributed by atoms with E-state index in [0.29, 0.717) is 32.2 Å². The molecule has 1 saturated heterocycles. The molecule has 1 aromatic rings. The first-order valence-electron chi connectivity index (χ1n) is 18.3. The second kappa shape index (κ2) is 21.3. The Morgan fingerprint density at radius 3 is 2.32 bits per heavy atom. The maximum Gasteiger partial charge on any atom is 0.408 e. The van der Waals surface area contributed by atoms with E-state index in [9.17, 15) is 28.8 Å². The molecule has 1 N–H and O–H groups in total. The number of alkyl carbamates (subject to hydrolysis) is 1. The number of hydrogen-bond acceptors (Lipinski definition) is 9. The van der Waals surface area contributed by atoms with E-state index in [1.807, 2.05) is 44.2 Å². The summed E-state index contributed by atoms with van der Waals surface area (Å²) < 4.78 is 15.3. The summed E-state index contributed by atoms with van der Waals surface area (Å²) >= 11 is 0. The summed E-state index contributed by atoms with van der Waals surface area (Å²) in [6.07, 6.45) is 8.78. The number of ether oxygens (including phenoxy) is 3. The summed E-state index contributed by atoms with van der Waals surface area (Å²) in [7, 11) is 1.32. The van der Waals surface area contributed by atoms with E-state index < -0.39 is 42.0 Å². The second-order valence-electron chi connectivity index (χ2n) is 13.9. The predicted octanol–water partition coefficient (Wildman–Crippen LogP) is 6.12. The summed E-state index contributed by atoms with van der Waals surface area (Å²) in [5, 5.41) is 2.71. The van der Waals surface area contributed by atoms with Gasteiger partial charge in [0.25, 0.3) is 0 Å². The van der Waals surface area contributed by atoms with Crippen molar-refractivity contribution in [3.05, 3.63) is 48.0 Å². The van der Waals surface area contributed by atoms with Crippen molar-refractivity contribution in [2.75, 3.05) is 20.3 Å². The molecule has 1 aliphatic carbocycles. The van der Waals surface area contributed by atoms with Gasteiger partial charge in [0.05, 0.1) is 31.7 Å². The topological polar surface area (TPSA) is 145 Å². The fourth-order valence-corrected chi connectivity index (χ4v) is 7.16. The highest BCUT2D eigenvalue weighted by Gasteiger charge is 2.42. The number of rotatable bonds is 19. The molecule has 2 amide bonds. The van der Waals surface area contributed by atoms with Gasteiger partial charge in [-0.1, -0.05) is 69.5 Å². The molecule has 2 fully saturated rings. The zero-order chi connectivity index (χ0) is 36.5. The van der Waals surface area contributed by atoms with Crippen LogP contribution in [0.5, 0.6) is 0 Å². The van der Waals surface area contributed by atoms with Crippen LogP contribution in [0.2, 0.25) is 0 Å². The van der Waals surface area contributed by atoms with Crippen LogP contribution in [-0.2, 0) is 44.8 Å². The minimum Gasteiger partial charge on any atom is -0.469 e. The lowest BCUT2D eigenvalue weighted by molar-refractivity contribution is -0.149. The average molecular weight is 697 g/mol.